The summed E-state index contributed by atoms with van der Waals surface area (Å²) in [6.07, 6.45) is -24.4. The molecular weight excluding hydrogens is 630 g/mol. The van der Waals surface area contributed by atoms with Crippen LogP contribution in [-0.2, 0) is 41.6 Å². The van der Waals surface area contributed by atoms with Crippen LogP contribution in [0.1, 0.15) is 0 Å². The SMILES string of the molecule is O=C(CO)[C@@H](O)[C@H](O)[C@H](O)COP(=O)(O)OCC(=O)[C@@H](OP(=O)(O)O[C@H]1O[C@H](CO)[C@@H](O)[C@H](O)[C@H]1O)[C@H](O)[C@H](O)CO. The Labute approximate surface area is 235 Å². The van der Waals surface area contributed by atoms with Gasteiger partial charge in [-0.15, -0.1) is 0 Å². The molecule has 1 heterocycles. The van der Waals surface area contributed by atoms with Crippen molar-refractivity contribution in [2.45, 2.75) is 67.3 Å². The summed E-state index contributed by atoms with van der Waals surface area (Å²) < 4.78 is 47.0. The topological polar surface area (TPSA) is 377 Å². The van der Waals surface area contributed by atoms with Crippen LogP contribution in [0.2, 0.25) is 0 Å². The summed E-state index contributed by atoms with van der Waals surface area (Å²) in [5.41, 5.74) is 0. The van der Waals surface area contributed by atoms with Gasteiger partial charge in [-0.25, -0.2) is 9.13 Å². The Morgan fingerprint density at radius 3 is 1.90 bits per heavy atom. The zero-order valence-corrected chi connectivity index (χ0v) is 23.1. The minimum absolute atomic E-state index is 0.970. The molecule has 13 atom stereocenters. The summed E-state index contributed by atoms with van der Waals surface area (Å²) in [5.74, 6) is -3.01. The number of ether oxygens (including phenoxy) is 1. The van der Waals surface area contributed by atoms with Crippen LogP contribution in [0.25, 0.3) is 0 Å². The van der Waals surface area contributed by atoms with Gasteiger partial charge in [0.1, 0.15) is 68.1 Å². The second-order valence-corrected chi connectivity index (χ2v) is 11.5. The number of hydrogen-bond donors (Lipinski definition) is 13. The molecule has 248 valence electrons. The lowest BCUT2D eigenvalue weighted by Crippen LogP contribution is -2.59. The monoisotopic (exact) mass is 664 g/mol. The normalized spacial score (nSPS) is 30.3. The molecule has 0 aromatic rings. The van der Waals surface area contributed by atoms with Crippen LogP contribution in [0.3, 0.4) is 0 Å². The Morgan fingerprint density at radius 2 is 1.38 bits per heavy atom. The molecule has 2 unspecified atom stereocenters. The third-order valence-electron chi connectivity index (χ3n) is 5.52. The molecule has 0 aliphatic carbocycles. The Hall–Kier alpha value is -0.920. The van der Waals surface area contributed by atoms with E-state index < -0.39 is 128 Å². The molecule has 24 heteroatoms. The molecular formula is C18H34O22P2. The molecule has 1 aliphatic heterocycles. The largest absolute Gasteiger partial charge is 0.475 e. The van der Waals surface area contributed by atoms with E-state index >= 15 is 0 Å². The first-order valence-electron chi connectivity index (χ1n) is 11.6. The van der Waals surface area contributed by atoms with Crippen LogP contribution in [0.5, 0.6) is 0 Å². The van der Waals surface area contributed by atoms with Gasteiger partial charge in [0.05, 0.1) is 19.8 Å². The van der Waals surface area contributed by atoms with Crippen LogP contribution in [0, 0.1) is 0 Å². The van der Waals surface area contributed by atoms with Crippen molar-refractivity contribution in [3.63, 3.8) is 0 Å². The van der Waals surface area contributed by atoms with Crippen LogP contribution in [-0.4, -0.2) is 178 Å². The summed E-state index contributed by atoms with van der Waals surface area (Å²) in [7, 11) is -11.1. The first-order valence-corrected chi connectivity index (χ1v) is 14.6. The molecule has 0 aromatic heterocycles. The minimum Gasteiger partial charge on any atom is -0.394 e. The third kappa shape index (κ3) is 11.2. The van der Waals surface area contributed by atoms with Gasteiger partial charge in [-0.05, 0) is 0 Å². The average molecular weight is 664 g/mol. The molecule has 0 amide bonds. The smallest absolute Gasteiger partial charge is 0.394 e. The molecule has 0 spiro atoms. The van der Waals surface area contributed by atoms with E-state index in [2.05, 4.69) is 18.1 Å². The Bertz CT molecular complexity index is 964. The highest BCUT2D eigenvalue weighted by Crippen LogP contribution is 2.49. The van der Waals surface area contributed by atoms with Gasteiger partial charge in [0, 0.05) is 0 Å². The van der Waals surface area contributed by atoms with Gasteiger partial charge in [-0.2, -0.15) is 0 Å². The number of phosphoric acid groups is 2. The van der Waals surface area contributed by atoms with Crippen LogP contribution >= 0.6 is 15.6 Å². The van der Waals surface area contributed by atoms with E-state index in [-0.39, 0.29) is 0 Å². The number of carbonyl (C=O) groups is 2. The lowest BCUT2D eigenvalue weighted by atomic mass is 10.00. The molecule has 13 N–H and O–H groups in total. The number of ketones is 2. The van der Waals surface area contributed by atoms with Crippen molar-refractivity contribution in [1.82, 2.24) is 0 Å². The zero-order chi connectivity index (χ0) is 32.6. The second kappa shape index (κ2) is 17.0. The highest BCUT2D eigenvalue weighted by Gasteiger charge is 2.48. The standard InChI is InChI=1S/C18H34O22P2/c19-1-6(22)11(26)12(27)8(24)4-36-41(32,33)37-5-9(25)17(13(28)7(23)2-20)39-42(34,35)40-18-16(31)15(30)14(29)10(3-21)38-18/h7-8,10-21,23-24,26-31H,1-5H2,(H,32,33)(H,34,35)/t7-,8-,10-,11-,12-,13-,14-,15+,16-,17-,18-/m1/s1. The van der Waals surface area contributed by atoms with Crippen molar-refractivity contribution in [3.05, 3.63) is 0 Å². The highest BCUT2D eigenvalue weighted by atomic mass is 31.2. The van der Waals surface area contributed by atoms with E-state index in [9.17, 15) is 74.5 Å². The Kier molecular flexibility index (Phi) is 15.8. The maximum atomic E-state index is 12.6. The molecule has 1 fully saturated rings. The van der Waals surface area contributed by atoms with E-state index in [1.807, 2.05) is 0 Å². The fraction of sp³-hybridized carbons (Fsp3) is 0.889. The molecule has 1 aliphatic rings. The van der Waals surface area contributed by atoms with Crippen molar-refractivity contribution in [1.29, 1.82) is 0 Å². The van der Waals surface area contributed by atoms with Gasteiger partial charge < -0.3 is 70.7 Å². The van der Waals surface area contributed by atoms with Crippen LogP contribution < -0.4 is 0 Å². The van der Waals surface area contributed by atoms with E-state index in [1.165, 1.54) is 0 Å². The summed E-state index contributed by atoms with van der Waals surface area (Å²) >= 11 is 0. The van der Waals surface area contributed by atoms with Gasteiger partial charge in [-0.3, -0.25) is 27.7 Å². The quantitative estimate of drug-likeness (QED) is 0.0570. The van der Waals surface area contributed by atoms with Gasteiger partial charge >= 0.3 is 15.6 Å². The Morgan fingerprint density at radius 1 is 0.786 bits per heavy atom. The van der Waals surface area contributed by atoms with E-state index in [0.717, 1.165) is 0 Å². The second-order valence-electron chi connectivity index (χ2n) is 8.67. The molecule has 1 saturated heterocycles. The fourth-order valence-corrected chi connectivity index (χ4v) is 4.83. The van der Waals surface area contributed by atoms with E-state index in [1.54, 1.807) is 0 Å². The van der Waals surface area contributed by atoms with Gasteiger partial charge in [0.2, 0.25) is 0 Å². The van der Waals surface area contributed by atoms with Crippen molar-refractivity contribution in [2.24, 2.45) is 0 Å². The highest BCUT2D eigenvalue weighted by molar-refractivity contribution is 7.47. The van der Waals surface area contributed by atoms with Gasteiger partial charge in [0.25, 0.3) is 0 Å². The summed E-state index contributed by atoms with van der Waals surface area (Å²) in [5, 5.41) is 105. The molecule has 42 heavy (non-hydrogen) atoms. The number of aliphatic hydroxyl groups is 11. The molecule has 0 aromatic carbocycles. The van der Waals surface area contributed by atoms with E-state index in [0.29, 0.717) is 0 Å². The van der Waals surface area contributed by atoms with Gasteiger partial charge in [0.15, 0.2) is 24.0 Å². The number of carbonyl (C=O) groups excluding carboxylic acids is 2. The summed E-state index contributed by atoms with van der Waals surface area (Å²) in [6, 6.07) is 0. The predicted molar refractivity (Wildman–Crippen MR) is 125 cm³/mol. The molecule has 0 saturated carbocycles. The maximum Gasteiger partial charge on any atom is 0.475 e. The number of Topliss-reactive ketones (excluding diaryl/α,β-unsaturated/α-hetero) is 2. The van der Waals surface area contributed by atoms with Gasteiger partial charge in [-0.1, -0.05) is 0 Å². The summed E-state index contributed by atoms with van der Waals surface area (Å²) in [6.45, 7) is -6.36. The van der Waals surface area contributed by atoms with Crippen molar-refractivity contribution in [2.75, 3.05) is 33.0 Å². The number of phosphoric ester groups is 2. The number of aliphatic hydroxyl groups excluding tert-OH is 11. The fourth-order valence-electron chi connectivity index (χ4n) is 3.10. The molecule has 1 rings (SSSR count). The average Bonchev–Trinajstić information content (AvgIpc) is 2.95. The molecule has 22 nitrogen and oxygen atoms in total. The number of hydrogen-bond acceptors (Lipinski definition) is 20. The first kappa shape index (κ1) is 39.1. The van der Waals surface area contributed by atoms with Crippen molar-refractivity contribution in [3.8, 4) is 0 Å². The Balaban J connectivity index is 2.94. The maximum absolute atomic E-state index is 12.6. The lowest BCUT2D eigenvalue weighted by molar-refractivity contribution is -0.281. The minimum atomic E-state index is -5.70. The molecule has 0 bridgehead atoms. The predicted octanol–water partition coefficient (Wildman–Crippen LogP) is -7.65. The number of rotatable bonds is 19. The van der Waals surface area contributed by atoms with Crippen molar-refractivity contribution < 1.29 is 108 Å². The summed E-state index contributed by atoms with van der Waals surface area (Å²) in [4.78, 5) is 43.5. The molecule has 0 radical (unpaired) electrons. The van der Waals surface area contributed by atoms with E-state index in [4.69, 9.17) is 14.9 Å². The van der Waals surface area contributed by atoms with Crippen LogP contribution in [0.15, 0.2) is 0 Å². The van der Waals surface area contributed by atoms with Crippen molar-refractivity contribution >= 4 is 27.2 Å². The third-order valence-corrected chi connectivity index (χ3v) is 7.42. The zero-order valence-electron chi connectivity index (χ0n) is 21.3. The lowest BCUT2D eigenvalue weighted by Gasteiger charge is -2.39. The van der Waals surface area contributed by atoms with Crippen LogP contribution in [0.4, 0.5) is 0 Å². The first-order chi connectivity index (χ1) is 19.3.